The number of aromatic hydroxyl groups is 1. The van der Waals surface area contributed by atoms with Crippen molar-refractivity contribution in [2.45, 2.75) is 32.1 Å². The van der Waals surface area contributed by atoms with Gasteiger partial charge in [-0.3, -0.25) is 0 Å². The summed E-state index contributed by atoms with van der Waals surface area (Å²) < 4.78 is 12.7. The fourth-order valence-electron chi connectivity index (χ4n) is 3.80. The first-order valence-corrected chi connectivity index (χ1v) is 9.54. The molecule has 3 heterocycles. The summed E-state index contributed by atoms with van der Waals surface area (Å²) in [5, 5.41) is 14.9. The third kappa shape index (κ3) is 3.04. The Balaban J connectivity index is 1.80. The number of fused-ring (bicyclic) bond motifs is 1. The first kappa shape index (κ1) is 17.3. The van der Waals surface area contributed by atoms with E-state index in [4.69, 9.17) is 9.47 Å². The van der Waals surface area contributed by atoms with Crippen LogP contribution < -0.4 is 9.64 Å². The van der Waals surface area contributed by atoms with Crippen LogP contribution >= 0.6 is 11.3 Å². The predicted octanol–water partition coefficient (Wildman–Crippen LogP) is 1.29. The lowest BCUT2D eigenvalue weighted by atomic mass is 10.0. The molecule has 1 aromatic carbocycles. The molecule has 0 bridgehead atoms. The zero-order chi connectivity index (χ0) is 18.3. The quantitative estimate of drug-likeness (QED) is 0.719. The fraction of sp³-hybridized carbons (Fsp3) is 0.444. The van der Waals surface area contributed by atoms with Gasteiger partial charge in [0.15, 0.2) is 6.04 Å². The number of benzene rings is 1. The number of aromatic nitrogens is 3. The molecule has 0 spiro atoms. The molecule has 138 valence electrons. The molecular weight excluding hydrogens is 352 g/mol. The van der Waals surface area contributed by atoms with Crippen LogP contribution in [0.1, 0.15) is 30.3 Å². The molecule has 26 heavy (non-hydrogen) atoms. The Morgan fingerprint density at radius 1 is 1.27 bits per heavy atom. The van der Waals surface area contributed by atoms with Crippen molar-refractivity contribution in [2.24, 2.45) is 0 Å². The largest absolute Gasteiger partial charge is 0.497 e. The van der Waals surface area contributed by atoms with Crippen LogP contribution in [0.2, 0.25) is 0 Å². The van der Waals surface area contributed by atoms with Crippen molar-refractivity contribution in [1.29, 1.82) is 0 Å². The van der Waals surface area contributed by atoms with Gasteiger partial charge in [0.05, 0.1) is 7.11 Å². The molecule has 4 rings (SSSR count). The molecule has 3 atom stereocenters. The Kier molecular flexibility index (Phi) is 4.56. The van der Waals surface area contributed by atoms with E-state index in [0.717, 1.165) is 29.3 Å². The Hall–Kier alpha value is -2.16. The molecule has 0 aliphatic carbocycles. The summed E-state index contributed by atoms with van der Waals surface area (Å²) in [6, 6.07) is 8.04. The molecule has 0 saturated carbocycles. The van der Waals surface area contributed by atoms with Gasteiger partial charge in [-0.05, 0) is 38.1 Å². The number of thiazole rings is 1. The van der Waals surface area contributed by atoms with Gasteiger partial charge in [-0.25, -0.2) is 4.98 Å². The van der Waals surface area contributed by atoms with Gasteiger partial charge in [-0.15, -0.1) is 0 Å². The van der Waals surface area contributed by atoms with Gasteiger partial charge in [0.1, 0.15) is 42.3 Å². The van der Waals surface area contributed by atoms with Gasteiger partial charge in [-0.1, -0.05) is 11.3 Å². The number of ether oxygens (including phenoxy) is 2. The van der Waals surface area contributed by atoms with Crippen molar-refractivity contribution in [3.8, 4) is 11.6 Å². The summed E-state index contributed by atoms with van der Waals surface area (Å²) in [7, 11) is 1.66. The second kappa shape index (κ2) is 6.86. The van der Waals surface area contributed by atoms with E-state index in [1.165, 1.54) is 27.1 Å². The molecule has 0 amide bonds. The minimum atomic E-state index is -0.0109. The number of nitrogens with one attached hydrogen (secondary N) is 1. The monoisotopic (exact) mass is 375 g/mol. The molecule has 7 nitrogen and oxygen atoms in total. The van der Waals surface area contributed by atoms with Crippen LogP contribution in [0.5, 0.6) is 11.6 Å². The number of methoxy groups -OCH3 is 1. The third-order valence-corrected chi connectivity index (χ3v) is 5.92. The standard InChI is InChI=1S/C18H22N4O3S/c1-11-8-21(9-12(2)25-11)15(13-4-6-14(24-3)7-5-13)16-17(23)22-18(26-16)19-10-20-22/h4-7,10-12,15,23H,8-9H2,1-3H3/p+1/t11-,12-,15+/m1/s1. The second-order valence-corrected chi connectivity index (χ2v) is 7.78. The Labute approximate surface area is 155 Å². The molecule has 1 aliphatic rings. The van der Waals surface area contributed by atoms with E-state index in [9.17, 15) is 5.11 Å². The van der Waals surface area contributed by atoms with E-state index >= 15 is 0 Å². The highest BCUT2D eigenvalue weighted by atomic mass is 32.1. The Morgan fingerprint density at radius 2 is 1.96 bits per heavy atom. The normalized spacial score (nSPS) is 24.7. The van der Waals surface area contributed by atoms with Crippen molar-refractivity contribution in [1.82, 2.24) is 14.6 Å². The SMILES string of the molecule is COc1ccc([C@@H](c2sc3ncnn3c2O)[NH+]2C[C@@H](C)O[C@H](C)C2)cc1. The molecule has 0 unspecified atom stereocenters. The lowest BCUT2D eigenvalue weighted by molar-refractivity contribution is -0.939. The first-order chi connectivity index (χ1) is 12.6. The number of rotatable bonds is 4. The maximum absolute atomic E-state index is 10.8. The van der Waals surface area contributed by atoms with Gasteiger partial charge in [0, 0.05) is 5.56 Å². The number of morpholine rings is 1. The molecule has 3 aromatic rings. The molecule has 2 N–H and O–H groups in total. The summed E-state index contributed by atoms with van der Waals surface area (Å²) in [6.07, 6.45) is 1.79. The third-order valence-electron chi connectivity index (χ3n) is 4.82. The topological polar surface area (TPSA) is 73.3 Å². The molecule has 1 saturated heterocycles. The maximum Gasteiger partial charge on any atom is 0.235 e. The van der Waals surface area contributed by atoms with Gasteiger partial charge in [0.25, 0.3) is 0 Å². The summed E-state index contributed by atoms with van der Waals surface area (Å²) >= 11 is 1.49. The first-order valence-electron chi connectivity index (χ1n) is 8.72. The van der Waals surface area contributed by atoms with E-state index in [2.05, 4.69) is 36.1 Å². The second-order valence-electron chi connectivity index (χ2n) is 6.77. The van der Waals surface area contributed by atoms with E-state index in [-0.39, 0.29) is 24.1 Å². The number of hydrogen-bond acceptors (Lipinski definition) is 6. The molecule has 1 aliphatic heterocycles. The van der Waals surface area contributed by atoms with E-state index < -0.39 is 0 Å². The van der Waals surface area contributed by atoms with Gasteiger partial charge in [0.2, 0.25) is 10.8 Å². The molecule has 0 radical (unpaired) electrons. The van der Waals surface area contributed by atoms with Crippen LogP contribution in [0.25, 0.3) is 4.96 Å². The lowest BCUT2D eigenvalue weighted by Gasteiger charge is -2.37. The molecule has 8 heteroatoms. The van der Waals surface area contributed by atoms with Gasteiger partial charge >= 0.3 is 0 Å². The molecule has 2 aromatic heterocycles. The van der Waals surface area contributed by atoms with Crippen LogP contribution in [0.15, 0.2) is 30.6 Å². The molecular formula is C18H23N4O3S+. The van der Waals surface area contributed by atoms with E-state index in [0.29, 0.717) is 4.96 Å². The zero-order valence-corrected chi connectivity index (χ0v) is 15.9. The van der Waals surface area contributed by atoms with E-state index in [1.807, 2.05) is 12.1 Å². The van der Waals surface area contributed by atoms with Crippen molar-refractivity contribution >= 4 is 16.3 Å². The van der Waals surface area contributed by atoms with Crippen LogP contribution in [-0.4, -0.2) is 52.1 Å². The highest BCUT2D eigenvalue weighted by Gasteiger charge is 2.37. The Morgan fingerprint density at radius 3 is 2.58 bits per heavy atom. The van der Waals surface area contributed by atoms with Crippen molar-refractivity contribution in [3.05, 3.63) is 41.0 Å². The fourth-order valence-corrected chi connectivity index (χ4v) is 4.92. The summed E-state index contributed by atoms with van der Waals surface area (Å²) in [5.74, 6) is 0.987. The predicted molar refractivity (Wildman–Crippen MR) is 98.1 cm³/mol. The van der Waals surface area contributed by atoms with Crippen LogP contribution in [-0.2, 0) is 4.74 Å². The van der Waals surface area contributed by atoms with Crippen molar-refractivity contribution in [3.63, 3.8) is 0 Å². The number of hydrogen-bond donors (Lipinski definition) is 2. The maximum atomic E-state index is 10.8. The van der Waals surface area contributed by atoms with Gasteiger partial charge < -0.3 is 19.5 Å². The minimum Gasteiger partial charge on any atom is -0.497 e. The smallest absolute Gasteiger partial charge is 0.235 e. The summed E-state index contributed by atoms with van der Waals surface area (Å²) in [6.45, 7) is 5.94. The Bertz CT molecular complexity index is 882. The average molecular weight is 375 g/mol. The average Bonchev–Trinajstić information content (AvgIpc) is 3.19. The van der Waals surface area contributed by atoms with Gasteiger partial charge in [-0.2, -0.15) is 9.61 Å². The summed E-state index contributed by atoms with van der Waals surface area (Å²) in [4.78, 5) is 7.17. The number of quaternary nitrogens is 1. The molecule has 1 fully saturated rings. The van der Waals surface area contributed by atoms with Crippen LogP contribution in [0.4, 0.5) is 0 Å². The lowest BCUT2D eigenvalue weighted by Crippen LogP contribution is -3.15. The zero-order valence-electron chi connectivity index (χ0n) is 15.0. The summed E-state index contributed by atoms with van der Waals surface area (Å²) in [5.41, 5.74) is 1.13. The minimum absolute atomic E-state index is 0.0109. The van der Waals surface area contributed by atoms with Crippen LogP contribution in [0, 0.1) is 0 Å². The van der Waals surface area contributed by atoms with Crippen LogP contribution in [0.3, 0.4) is 0 Å². The van der Waals surface area contributed by atoms with Crippen molar-refractivity contribution in [2.75, 3.05) is 20.2 Å². The van der Waals surface area contributed by atoms with E-state index in [1.54, 1.807) is 7.11 Å². The highest BCUT2D eigenvalue weighted by Crippen LogP contribution is 2.35. The highest BCUT2D eigenvalue weighted by molar-refractivity contribution is 7.17. The van der Waals surface area contributed by atoms with Crippen molar-refractivity contribution < 1.29 is 19.5 Å². The number of nitrogens with zero attached hydrogens (tertiary/aromatic N) is 3.